The van der Waals surface area contributed by atoms with Crippen molar-refractivity contribution in [1.82, 2.24) is 0 Å². The van der Waals surface area contributed by atoms with E-state index in [9.17, 15) is 0 Å². The maximum absolute atomic E-state index is 5.24. The van der Waals surface area contributed by atoms with E-state index in [4.69, 9.17) is 14.5 Å². The van der Waals surface area contributed by atoms with Crippen LogP contribution in [0.15, 0.2) is 0 Å². The first kappa shape index (κ1) is 26.5. The molecule has 0 aliphatic carbocycles. The minimum atomic E-state index is -0.168. The number of rotatable bonds is 18. The zero-order valence-electron chi connectivity index (χ0n) is 16.7. The Balaban J connectivity index is 0. The number of hydrogen-bond acceptors (Lipinski definition) is 3. The molecule has 0 atom stereocenters. The highest BCUT2D eigenvalue weighted by atomic mass is 79.9. The van der Waals surface area contributed by atoms with Crippen molar-refractivity contribution in [2.24, 2.45) is 0 Å². The minimum absolute atomic E-state index is 0. The highest BCUT2D eigenvalue weighted by molar-refractivity contribution is 4.49. The van der Waals surface area contributed by atoms with E-state index >= 15 is 0 Å². The standard InChI is InChI=1S/C19H42NO3.BrH/c1-5-6-7-8-9-10-11-12-13-14-15-16-17-18-19-20(21-2,22-3)23-4;/h5-19H2,1-4H3;1H/q+1;/p-1. The number of halogens is 1. The van der Waals surface area contributed by atoms with Crippen LogP contribution in [-0.2, 0) is 14.5 Å². The second-order valence-electron chi connectivity index (χ2n) is 6.48. The van der Waals surface area contributed by atoms with E-state index in [2.05, 4.69) is 6.92 Å². The van der Waals surface area contributed by atoms with Gasteiger partial charge in [0, 0.05) is 6.42 Å². The molecule has 148 valence electrons. The van der Waals surface area contributed by atoms with Crippen LogP contribution in [0.2, 0.25) is 0 Å². The van der Waals surface area contributed by atoms with Crippen LogP contribution in [0.1, 0.15) is 96.8 Å². The largest absolute Gasteiger partial charge is 1.00 e. The van der Waals surface area contributed by atoms with Gasteiger partial charge in [-0.05, 0) is 6.42 Å². The molecule has 0 aromatic heterocycles. The molecule has 0 rings (SSSR count). The first-order chi connectivity index (χ1) is 11.2. The molecule has 0 aromatic rings. The molecule has 0 saturated carbocycles. The van der Waals surface area contributed by atoms with Crippen LogP contribution in [0.4, 0.5) is 0 Å². The van der Waals surface area contributed by atoms with Gasteiger partial charge in [-0.15, -0.1) is 14.5 Å². The van der Waals surface area contributed by atoms with Crippen molar-refractivity contribution >= 4 is 0 Å². The number of nitrogens with zero attached hydrogens (tertiary/aromatic N) is 1. The van der Waals surface area contributed by atoms with Crippen molar-refractivity contribution in [2.45, 2.75) is 96.8 Å². The molecule has 0 aliphatic rings. The molecule has 0 amide bonds. The molecule has 0 N–H and O–H groups in total. The molecule has 0 radical (unpaired) electrons. The minimum Gasteiger partial charge on any atom is -1.00 e. The zero-order valence-corrected chi connectivity index (χ0v) is 18.2. The molecule has 0 spiro atoms. The summed E-state index contributed by atoms with van der Waals surface area (Å²) in [5, 5.41) is 0. The van der Waals surface area contributed by atoms with E-state index in [1.807, 2.05) is 0 Å². The van der Waals surface area contributed by atoms with E-state index in [-0.39, 0.29) is 22.0 Å². The summed E-state index contributed by atoms with van der Waals surface area (Å²) in [6, 6.07) is 0. The monoisotopic (exact) mass is 411 g/mol. The number of hydrogen-bond donors (Lipinski definition) is 0. The summed E-state index contributed by atoms with van der Waals surface area (Å²) in [5.74, 6) is 0. The summed E-state index contributed by atoms with van der Waals surface area (Å²) >= 11 is 0. The van der Waals surface area contributed by atoms with Gasteiger partial charge in [-0.1, -0.05) is 84.0 Å². The predicted octanol–water partition coefficient (Wildman–Crippen LogP) is 2.97. The van der Waals surface area contributed by atoms with Gasteiger partial charge in [-0.25, -0.2) is 0 Å². The summed E-state index contributed by atoms with van der Waals surface area (Å²) in [6.45, 7) is 3.02. The Labute approximate surface area is 161 Å². The van der Waals surface area contributed by atoms with Gasteiger partial charge in [0.15, 0.2) is 6.54 Å². The van der Waals surface area contributed by atoms with Gasteiger partial charge >= 0.3 is 0 Å². The third-order valence-electron chi connectivity index (χ3n) is 4.62. The van der Waals surface area contributed by atoms with Crippen LogP contribution < -0.4 is 17.0 Å². The molecule has 24 heavy (non-hydrogen) atoms. The van der Waals surface area contributed by atoms with Crippen molar-refractivity contribution in [3.05, 3.63) is 0 Å². The average molecular weight is 412 g/mol. The third kappa shape index (κ3) is 14.6. The van der Waals surface area contributed by atoms with Gasteiger partial charge in [0.2, 0.25) is 0 Å². The lowest BCUT2D eigenvalue weighted by atomic mass is 10.0. The maximum Gasteiger partial charge on any atom is 0.178 e. The van der Waals surface area contributed by atoms with Gasteiger partial charge in [-0.2, -0.15) is 0 Å². The van der Waals surface area contributed by atoms with E-state index < -0.39 is 0 Å². The fourth-order valence-corrected chi connectivity index (χ4v) is 3.00. The van der Waals surface area contributed by atoms with Crippen LogP contribution >= 0.6 is 0 Å². The second-order valence-corrected chi connectivity index (χ2v) is 6.48. The molecule has 0 aliphatic heterocycles. The van der Waals surface area contributed by atoms with Crippen molar-refractivity contribution in [3.63, 3.8) is 0 Å². The predicted molar refractivity (Wildman–Crippen MR) is 96.5 cm³/mol. The van der Waals surface area contributed by atoms with E-state index in [1.165, 1.54) is 83.5 Å². The first-order valence-electron chi connectivity index (χ1n) is 9.80. The zero-order chi connectivity index (χ0) is 17.2. The van der Waals surface area contributed by atoms with Gasteiger partial charge in [-0.3, -0.25) is 0 Å². The van der Waals surface area contributed by atoms with E-state index in [0.29, 0.717) is 0 Å². The fourth-order valence-electron chi connectivity index (χ4n) is 3.00. The average Bonchev–Trinajstić information content (AvgIpc) is 2.59. The molecule has 0 fully saturated rings. The highest BCUT2D eigenvalue weighted by Crippen LogP contribution is 2.15. The summed E-state index contributed by atoms with van der Waals surface area (Å²) < 4.78 is 0. The van der Waals surface area contributed by atoms with E-state index in [1.54, 1.807) is 21.3 Å². The summed E-state index contributed by atoms with van der Waals surface area (Å²) in [6.07, 6.45) is 19.1. The molecule has 0 heterocycles. The van der Waals surface area contributed by atoms with Crippen LogP contribution in [0, 0.1) is 0 Å². The Morgan fingerprint density at radius 3 is 1.08 bits per heavy atom. The lowest BCUT2D eigenvalue weighted by Gasteiger charge is -2.24. The Morgan fingerprint density at radius 2 is 0.792 bits per heavy atom. The maximum atomic E-state index is 5.24. The molecule has 4 nitrogen and oxygen atoms in total. The number of quaternary nitrogens is 1. The Morgan fingerprint density at radius 1 is 0.500 bits per heavy atom. The fraction of sp³-hybridized carbons (Fsp3) is 1.00. The molecule has 0 bridgehead atoms. The molecule has 0 saturated heterocycles. The summed E-state index contributed by atoms with van der Waals surface area (Å²) in [7, 11) is 4.82. The molecule has 0 unspecified atom stereocenters. The molecule has 0 aromatic carbocycles. The quantitative estimate of drug-likeness (QED) is 0.197. The molecular formula is C19H42BrNO3. The van der Waals surface area contributed by atoms with Crippen LogP contribution in [0.5, 0.6) is 0 Å². The van der Waals surface area contributed by atoms with Crippen LogP contribution in [0.25, 0.3) is 0 Å². The summed E-state index contributed by atoms with van der Waals surface area (Å²) in [4.78, 5) is 15.6. The van der Waals surface area contributed by atoms with Crippen molar-refractivity contribution in [2.75, 3.05) is 27.9 Å². The van der Waals surface area contributed by atoms with Gasteiger partial charge in [0.25, 0.3) is 0 Å². The topological polar surface area (TPSA) is 27.7 Å². The van der Waals surface area contributed by atoms with Crippen molar-refractivity contribution < 1.29 is 36.5 Å². The smallest absolute Gasteiger partial charge is 0.178 e. The van der Waals surface area contributed by atoms with Crippen molar-refractivity contribution in [3.8, 4) is 0 Å². The lowest BCUT2D eigenvalue weighted by Crippen LogP contribution is -3.00. The Hall–Kier alpha value is 0.320. The van der Waals surface area contributed by atoms with Crippen LogP contribution in [-0.4, -0.2) is 32.8 Å². The summed E-state index contributed by atoms with van der Waals surface area (Å²) in [5.41, 5.74) is 0. The highest BCUT2D eigenvalue weighted by Gasteiger charge is 2.29. The number of hydroxylamine groups is 3. The normalized spacial score (nSPS) is 11.5. The molecule has 5 heteroatoms. The van der Waals surface area contributed by atoms with Gasteiger partial charge < -0.3 is 17.0 Å². The van der Waals surface area contributed by atoms with Crippen molar-refractivity contribution in [1.29, 1.82) is 0 Å². The third-order valence-corrected chi connectivity index (χ3v) is 4.62. The van der Waals surface area contributed by atoms with E-state index in [0.717, 1.165) is 13.0 Å². The number of unbranched alkanes of at least 4 members (excludes halogenated alkanes) is 13. The Bertz CT molecular complexity index is 230. The SMILES string of the molecule is CCCCCCCCCCCCCCCC[N+](OC)(OC)OC.[Br-]. The lowest BCUT2D eigenvalue weighted by molar-refractivity contribution is -1.36. The first-order valence-corrected chi connectivity index (χ1v) is 9.80. The van der Waals surface area contributed by atoms with Crippen LogP contribution in [0.3, 0.4) is 0 Å². The molecular weight excluding hydrogens is 370 g/mol. The Kier molecular flexibility index (Phi) is 21.7. The van der Waals surface area contributed by atoms with Gasteiger partial charge in [0.05, 0.1) is 4.97 Å². The van der Waals surface area contributed by atoms with Gasteiger partial charge in [0.1, 0.15) is 21.3 Å². The second kappa shape index (κ2) is 19.6.